The number of hydrogen-bond donors (Lipinski definition) is 1. The van der Waals surface area contributed by atoms with Gasteiger partial charge in [-0.15, -0.1) is 0 Å². The molecule has 0 aromatic heterocycles. The molecule has 1 aliphatic heterocycles. The van der Waals surface area contributed by atoms with Crippen LogP contribution in [0.2, 0.25) is 0 Å². The van der Waals surface area contributed by atoms with Gasteiger partial charge in [-0.1, -0.05) is 20.8 Å². The molecule has 1 saturated heterocycles. The molecule has 1 rings (SSSR count). The van der Waals surface area contributed by atoms with E-state index in [1.807, 2.05) is 0 Å². The lowest BCUT2D eigenvalue weighted by Crippen LogP contribution is -2.52. The number of hydrogen-bond acceptors (Lipinski definition) is 2. The zero-order chi connectivity index (χ0) is 11.5. The fourth-order valence-corrected chi connectivity index (χ4v) is 2.74. The predicted molar refractivity (Wildman–Crippen MR) is 67.2 cm³/mol. The topological polar surface area (TPSA) is 15.3 Å². The molecule has 0 spiro atoms. The first-order chi connectivity index (χ1) is 6.99. The highest BCUT2D eigenvalue weighted by molar-refractivity contribution is 4.93. The third-order valence-corrected chi connectivity index (χ3v) is 3.74. The van der Waals surface area contributed by atoms with E-state index in [1.54, 1.807) is 0 Å². The summed E-state index contributed by atoms with van der Waals surface area (Å²) >= 11 is 0. The third kappa shape index (κ3) is 3.18. The number of rotatable bonds is 5. The molecule has 1 heterocycles. The maximum atomic E-state index is 3.50. The minimum Gasteiger partial charge on any atom is -0.315 e. The van der Waals surface area contributed by atoms with Gasteiger partial charge in [-0.3, -0.25) is 4.90 Å². The second-order valence-corrected chi connectivity index (χ2v) is 5.73. The van der Waals surface area contributed by atoms with E-state index in [1.165, 1.54) is 19.4 Å². The molecule has 1 aliphatic rings. The van der Waals surface area contributed by atoms with E-state index in [0.29, 0.717) is 11.6 Å². The summed E-state index contributed by atoms with van der Waals surface area (Å²) in [6.07, 6.45) is 2.71. The SMILES string of the molecule is CCNCC(C(C)C)N1CCCC1(C)C. The molecule has 1 atom stereocenters. The van der Waals surface area contributed by atoms with E-state index < -0.39 is 0 Å². The quantitative estimate of drug-likeness (QED) is 0.753. The van der Waals surface area contributed by atoms with Crippen molar-refractivity contribution in [3.8, 4) is 0 Å². The smallest absolute Gasteiger partial charge is 0.0248 e. The number of likely N-dealkylation sites (tertiary alicyclic amines) is 1. The molecule has 15 heavy (non-hydrogen) atoms. The lowest BCUT2D eigenvalue weighted by Gasteiger charge is -2.40. The van der Waals surface area contributed by atoms with Gasteiger partial charge in [-0.2, -0.15) is 0 Å². The first-order valence-corrected chi connectivity index (χ1v) is 6.46. The Balaban J connectivity index is 2.62. The number of likely N-dealkylation sites (N-methyl/N-ethyl adjacent to an activating group) is 1. The molecular weight excluding hydrogens is 184 g/mol. The van der Waals surface area contributed by atoms with Crippen molar-refractivity contribution in [2.75, 3.05) is 19.6 Å². The van der Waals surface area contributed by atoms with E-state index in [2.05, 4.69) is 44.8 Å². The van der Waals surface area contributed by atoms with Crippen LogP contribution >= 0.6 is 0 Å². The van der Waals surface area contributed by atoms with Crippen molar-refractivity contribution in [3.63, 3.8) is 0 Å². The van der Waals surface area contributed by atoms with Gasteiger partial charge in [0.25, 0.3) is 0 Å². The highest BCUT2D eigenvalue weighted by atomic mass is 15.3. The third-order valence-electron chi connectivity index (χ3n) is 3.74. The highest BCUT2D eigenvalue weighted by Gasteiger charge is 2.37. The molecule has 1 fully saturated rings. The van der Waals surface area contributed by atoms with Gasteiger partial charge in [0, 0.05) is 18.1 Å². The molecule has 2 nitrogen and oxygen atoms in total. The molecular formula is C13H28N2. The van der Waals surface area contributed by atoms with Gasteiger partial charge in [-0.25, -0.2) is 0 Å². The Kier molecular flexibility index (Phi) is 4.60. The molecule has 0 aromatic carbocycles. The molecule has 0 aromatic rings. The summed E-state index contributed by atoms with van der Waals surface area (Å²) in [5.41, 5.74) is 0.407. The molecule has 0 radical (unpaired) electrons. The van der Waals surface area contributed by atoms with E-state index in [4.69, 9.17) is 0 Å². The molecule has 2 heteroatoms. The predicted octanol–water partition coefficient (Wildman–Crippen LogP) is 2.49. The van der Waals surface area contributed by atoms with Crippen LogP contribution < -0.4 is 5.32 Å². The van der Waals surface area contributed by atoms with Crippen LogP contribution in [0.5, 0.6) is 0 Å². The Hall–Kier alpha value is -0.0800. The standard InChI is InChI=1S/C13H28N2/c1-6-14-10-12(11(2)3)15-9-7-8-13(15,4)5/h11-12,14H,6-10H2,1-5H3. The van der Waals surface area contributed by atoms with Crippen LogP contribution in [-0.2, 0) is 0 Å². The van der Waals surface area contributed by atoms with Crippen LogP contribution in [0, 0.1) is 5.92 Å². The summed E-state index contributed by atoms with van der Waals surface area (Å²) in [7, 11) is 0. The summed E-state index contributed by atoms with van der Waals surface area (Å²) in [4.78, 5) is 2.71. The van der Waals surface area contributed by atoms with Crippen LogP contribution in [-0.4, -0.2) is 36.1 Å². The van der Waals surface area contributed by atoms with E-state index in [-0.39, 0.29) is 0 Å². The van der Waals surface area contributed by atoms with Crippen LogP contribution in [0.15, 0.2) is 0 Å². The number of nitrogens with one attached hydrogen (secondary N) is 1. The van der Waals surface area contributed by atoms with Gasteiger partial charge in [0.2, 0.25) is 0 Å². The zero-order valence-corrected chi connectivity index (χ0v) is 11.1. The first kappa shape index (κ1) is 13.0. The molecule has 0 saturated carbocycles. The minimum atomic E-state index is 0.407. The number of nitrogens with zero attached hydrogens (tertiary/aromatic N) is 1. The summed E-state index contributed by atoms with van der Waals surface area (Å²) in [5, 5.41) is 3.50. The maximum absolute atomic E-state index is 3.50. The van der Waals surface area contributed by atoms with E-state index >= 15 is 0 Å². The van der Waals surface area contributed by atoms with Crippen molar-refractivity contribution in [1.82, 2.24) is 10.2 Å². The summed E-state index contributed by atoms with van der Waals surface area (Å²) in [6, 6.07) is 0.697. The van der Waals surface area contributed by atoms with Crippen molar-refractivity contribution in [2.24, 2.45) is 5.92 Å². The maximum Gasteiger partial charge on any atom is 0.0248 e. The molecule has 0 aliphatic carbocycles. The Labute approximate surface area is 95.4 Å². The lowest BCUT2D eigenvalue weighted by atomic mass is 9.95. The largest absolute Gasteiger partial charge is 0.315 e. The van der Waals surface area contributed by atoms with Gasteiger partial charge in [0.15, 0.2) is 0 Å². The Morgan fingerprint density at radius 3 is 2.40 bits per heavy atom. The molecule has 1 N–H and O–H groups in total. The monoisotopic (exact) mass is 212 g/mol. The molecule has 90 valence electrons. The minimum absolute atomic E-state index is 0.407. The van der Waals surface area contributed by atoms with Crippen molar-refractivity contribution in [3.05, 3.63) is 0 Å². The average Bonchev–Trinajstić information content (AvgIpc) is 2.46. The van der Waals surface area contributed by atoms with Gasteiger partial charge in [0.05, 0.1) is 0 Å². The van der Waals surface area contributed by atoms with Crippen LogP contribution in [0.1, 0.15) is 47.5 Å². The fraction of sp³-hybridized carbons (Fsp3) is 1.00. The van der Waals surface area contributed by atoms with Gasteiger partial charge in [-0.05, 0) is 45.7 Å². The second kappa shape index (κ2) is 5.31. The van der Waals surface area contributed by atoms with Crippen molar-refractivity contribution in [2.45, 2.75) is 59.0 Å². The fourth-order valence-electron chi connectivity index (χ4n) is 2.74. The van der Waals surface area contributed by atoms with Gasteiger partial charge in [0.1, 0.15) is 0 Å². The average molecular weight is 212 g/mol. The molecule has 0 bridgehead atoms. The van der Waals surface area contributed by atoms with E-state index in [0.717, 1.165) is 19.0 Å². The summed E-state index contributed by atoms with van der Waals surface area (Å²) in [6.45, 7) is 15.2. The van der Waals surface area contributed by atoms with Crippen molar-refractivity contribution in [1.29, 1.82) is 0 Å². The Bertz CT molecular complexity index is 187. The first-order valence-electron chi connectivity index (χ1n) is 6.46. The van der Waals surface area contributed by atoms with Crippen molar-refractivity contribution >= 4 is 0 Å². The van der Waals surface area contributed by atoms with Crippen LogP contribution in [0.3, 0.4) is 0 Å². The molecule has 0 amide bonds. The second-order valence-electron chi connectivity index (χ2n) is 5.73. The highest BCUT2D eigenvalue weighted by Crippen LogP contribution is 2.32. The van der Waals surface area contributed by atoms with Crippen LogP contribution in [0.25, 0.3) is 0 Å². The van der Waals surface area contributed by atoms with E-state index in [9.17, 15) is 0 Å². The lowest BCUT2D eigenvalue weighted by molar-refractivity contribution is 0.0856. The molecule has 1 unspecified atom stereocenters. The zero-order valence-electron chi connectivity index (χ0n) is 11.1. The van der Waals surface area contributed by atoms with Crippen molar-refractivity contribution < 1.29 is 0 Å². The Morgan fingerprint density at radius 1 is 1.33 bits per heavy atom. The normalized spacial score (nSPS) is 23.6. The summed E-state index contributed by atoms with van der Waals surface area (Å²) < 4.78 is 0. The van der Waals surface area contributed by atoms with Gasteiger partial charge >= 0.3 is 0 Å². The Morgan fingerprint density at radius 2 is 2.00 bits per heavy atom. The summed E-state index contributed by atoms with van der Waals surface area (Å²) in [5.74, 6) is 0.737. The van der Waals surface area contributed by atoms with Gasteiger partial charge < -0.3 is 5.32 Å². The van der Waals surface area contributed by atoms with Crippen LogP contribution in [0.4, 0.5) is 0 Å².